The van der Waals surface area contributed by atoms with Crippen molar-refractivity contribution < 1.29 is 0 Å². The van der Waals surface area contributed by atoms with Crippen LogP contribution in [0, 0.1) is 0 Å². The molecule has 3 nitrogen and oxygen atoms in total. The Labute approximate surface area is 96.2 Å². The molecule has 2 aliphatic heterocycles. The first-order valence-electron chi connectivity index (χ1n) is 6.01. The lowest BCUT2D eigenvalue weighted by molar-refractivity contribution is 0.338. The molecule has 0 aromatic carbocycles. The maximum atomic E-state index is 4.25. The van der Waals surface area contributed by atoms with Gasteiger partial charge in [-0.05, 0) is 31.9 Å². The number of aliphatic imine (C=N–C) groups is 1. The van der Waals surface area contributed by atoms with Crippen molar-refractivity contribution in [3.05, 3.63) is 35.3 Å². The maximum Gasteiger partial charge on any atom is 0.100 e. The monoisotopic (exact) mass is 215 g/mol. The van der Waals surface area contributed by atoms with Gasteiger partial charge < -0.3 is 10.2 Å². The summed E-state index contributed by atoms with van der Waals surface area (Å²) in [5.74, 6) is 0. The van der Waals surface area contributed by atoms with Crippen molar-refractivity contribution in [3.8, 4) is 0 Å². The van der Waals surface area contributed by atoms with Crippen LogP contribution < -0.4 is 5.32 Å². The van der Waals surface area contributed by atoms with Crippen LogP contribution in [-0.4, -0.2) is 23.8 Å². The summed E-state index contributed by atoms with van der Waals surface area (Å²) in [5.41, 5.74) is 4.14. The molecule has 0 radical (unpaired) electrons. The number of rotatable bonds is 1. The Kier molecular flexibility index (Phi) is 2.31. The van der Waals surface area contributed by atoms with Crippen molar-refractivity contribution in [1.29, 1.82) is 0 Å². The molecule has 84 valence electrons. The SMILES string of the molecule is CC1NC2=C(C=CCC2)N1C1=CC=NCC1. The van der Waals surface area contributed by atoms with E-state index >= 15 is 0 Å². The molecule has 0 saturated heterocycles. The Hall–Kier alpha value is -1.51. The second kappa shape index (κ2) is 3.81. The molecular formula is C13H17N3. The third kappa shape index (κ3) is 1.47. The molecule has 3 aliphatic rings. The van der Waals surface area contributed by atoms with Crippen molar-refractivity contribution >= 4 is 6.21 Å². The fourth-order valence-electron chi connectivity index (χ4n) is 2.63. The average molecular weight is 215 g/mol. The van der Waals surface area contributed by atoms with E-state index in [9.17, 15) is 0 Å². The van der Waals surface area contributed by atoms with Gasteiger partial charge in [-0.2, -0.15) is 0 Å². The third-order valence-corrected chi connectivity index (χ3v) is 3.35. The zero-order valence-electron chi connectivity index (χ0n) is 9.61. The van der Waals surface area contributed by atoms with Crippen molar-refractivity contribution in [1.82, 2.24) is 10.2 Å². The van der Waals surface area contributed by atoms with Crippen LogP contribution in [-0.2, 0) is 0 Å². The lowest BCUT2D eigenvalue weighted by Gasteiger charge is -2.29. The van der Waals surface area contributed by atoms with Gasteiger partial charge in [0.1, 0.15) is 6.17 Å². The number of hydrogen-bond acceptors (Lipinski definition) is 3. The highest BCUT2D eigenvalue weighted by atomic mass is 15.3. The molecule has 0 aromatic rings. The Morgan fingerprint density at radius 1 is 1.44 bits per heavy atom. The Morgan fingerprint density at radius 2 is 2.38 bits per heavy atom. The van der Waals surface area contributed by atoms with E-state index in [1.54, 1.807) is 0 Å². The van der Waals surface area contributed by atoms with Gasteiger partial charge in [-0.1, -0.05) is 6.08 Å². The predicted octanol–water partition coefficient (Wildman–Crippen LogP) is 2.16. The van der Waals surface area contributed by atoms with E-state index in [2.05, 4.69) is 40.4 Å². The molecule has 1 N–H and O–H groups in total. The summed E-state index contributed by atoms with van der Waals surface area (Å²) in [5, 5.41) is 3.57. The smallest absolute Gasteiger partial charge is 0.100 e. The molecule has 3 rings (SSSR count). The summed E-state index contributed by atoms with van der Waals surface area (Å²) in [6, 6.07) is 0. The maximum absolute atomic E-state index is 4.25. The van der Waals surface area contributed by atoms with Crippen LogP contribution in [0.4, 0.5) is 0 Å². The quantitative estimate of drug-likeness (QED) is 0.726. The molecule has 16 heavy (non-hydrogen) atoms. The number of nitrogens with one attached hydrogen (secondary N) is 1. The van der Waals surface area contributed by atoms with Crippen molar-refractivity contribution in [2.24, 2.45) is 4.99 Å². The molecule has 0 aromatic heterocycles. The minimum absolute atomic E-state index is 0.380. The van der Waals surface area contributed by atoms with Gasteiger partial charge in [0.05, 0.1) is 5.70 Å². The molecule has 1 aliphatic carbocycles. The first-order chi connectivity index (χ1) is 7.86. The van der Waals surface area contributed by atoms with Gasteiger partial charge in [0.25, 0.3) is 0 Å². The van der Waals surface area contributed by atoms with Gasteiger partial charge in [-0.25, -0.2) is 0 Å². The van der Waals surface area contributed by atoms with Gasteiger partial charge >= 0.3 is 0 Å². The lowest BCUT2D eigenvalue weighted by Crippen LogP contribution is -2.34. The molecular weight excluding hydrogens is 198 g/mol. The molecule has 1 atom stereocenters. The Balaban J connectivity index is 1.94. The summed E-state index contributed by atoms with van der Waals surface area (Å²) in [6.45, 7) is 3.14. The van der Waals surface area contributed by atoms with E-state index in [0.29, 0.717) is 6.17 Å². The zero-order valence-corrected chi connectivity index (χ0v) is 9.61. The van der Waals surface area contributed by atoms with Gasteiger partial charge in [0.15, 0.2) is 0 Å². The lowest BCUT2D eigenvalue weighted by atomic mass is 10.1. The number of hydrogen-bond donors (Lipinski definition) is 1. The highest BCUT2D eigenvalue weighted by Gasteiger charge is 2.29. The summed E-state index contributed by atoms with van der Waals surface area (Å²) in [4.78, 5) is 6.66. The fraction of sp³-hybridized carbons (Fsp3) is 0.462. The van der Waals surface area contributed by atoms with Gasteiger partial charge in [0.2, 0.25) is 0 Å². The Morgan fingerprint density at radius 3 is 3.19 bits per heavy atom. The number of nitrogens with zero attached hydrogens (tertiary/aromatic N) is 2. The summed E-state index contributed by atoms with van der Waals surface area (Å²) in [7, 11) is 0. The van der Waals surface area contributed by atoms with Crippen molar-refractivity contribution in [2.75, 3.05) is 6.54 Å². The zero-order chi connectivity index (χ0) is 11.0. The average Bonchev–Trinajstić information content (AvgIpc) is 2.66. The van der Waals surface area contributed by atoms with E-state index in [-0.39, 0.29) is 0 Å². The number of allylic oxidation sites excluding steroid dienone is 4. The van der Waals surface area contributed by atoms with Crippen LogP contribution in [0.3, 0.4) is 0 Å². The van der Waals surface area contributed by atoms with Crippen molar-refractivity contribution in [2.45, 2.75) is 32.4 Å². The first kappa shape index (κ1) is 9.70. The predicted molar refractivity (Wildman–Crippen MR) is 65.9 cm³/mol. The second-order valence-corrected chi connectivity index (χ2v) is 4.46. The molecule has 0 spiro atoms. The minimum atomic E-state index is 0.380. The van der Waals surface area contributed by atoms with Gasteiger partial charge in [-0.15, -0.1) is 0 Å². The van der Waals surface area contributed by atoms with E-state index in [1.807, 2.05) is 6.21 Å². The highest BCUT2D eigenvalue weighted by molar-refractivity contribution is 5.73. The molecule has 0 bridgehead atoms. The Bertz CT molecular complexity index is 415. The molecule has 2 heterocycles. The third-order valence-electron chi connectivity index (χ3n) is 3.35. The molecule has 1 unspecified atom stereocenters. The van der Waals surface area contributed by atoms with Crippen LogP contribution in [0.1, 0.15) is 26.2 Å². The topological polar surface area (TPSA) is 27.6 Å². The van der Waals surface area contributed by atoms with Crippen molar-refractivity contribution in [3.63, 3.8) is 0 Å². The van der Waals surface area contributed by atoms with Gasteiger partial charge in [0, 0.05) is 30.6 Å². The minimum Gasteiger partial charge on any atom is -0.367 e. The standard InChI is InChI=1S/C13H17N3/c1-10-15-12-4-2-3-5-13(12)16(10)11-6-8-14-9-7-11/h3,5-6,8,10,15H,2,4,7,9H2,1H3. The summed E-state index contributed by atoms with van der Waals surface area (Å²) < 4.78 is 0. The van der Waals surface area contributed by atoms with E-state index < -0.39 is 0 Å². The van der Waals surface area contributed by atoms with Crippen LogP contribution >= 0.6 is 0 Å². The van der Waals surface area contributed by atoms with E-state index in [1.165, 1.54) is 17.1 Å². The van der Waals surface area contributed by atoms with E-state index in [4.69, 9.17) is 0 Å². The van der Waals surface area contributed by atoms with Crippen LogP contribution in [0.2, 0.25) is 0 Å². The normalized spacial score (nSPS) is 27.9. The van der Waals surface area contributed by atoms with Crippen LogP contribution in [0.25, 0.3) is 0 Å². The molecule has 3 heteroatoms. The van der Waals surface area contributed by atoms with Gasteiger partial charge in [-0.3, -0.25) is 4.99 Å². The molecule has 0 amide bonds. The number of dihydropyridines is 1. The van der Waals surface area contributed by atoms with E-state index in [0.717, 1.165) is 25.8 Å². The van der Waals surface area contributed by atoms with Crippen LogP contribution in [0.5, 0.6) is 0 Å². The fourth-order valence-corrected chi connectivity index (χ4v) is 2.63. The highest BCUT2D eigenvalue weighted by Crippen LogP contribution is 2.32. The summed E-state index contributed by atoms with van der Waals surface area (Å²) in [6.07, 6.45) is 12.3. The van der Waals surface area contributed by atoms with Crippen LogP contribution in [0.15, 0.2) is 40.3 Å². The first-order valence-corrected chi connectivity index (χ1v) is 6.01. The largest absolute Gasteiger partial charge is 0.367 e. The molecule has 0 saturated carbocycles. The summed E-state index contributed by atoms with van der Waals surface area (Å²) >= 11 is 0. The second-order valence-electron chi connectivity index (χ2n) is 4.46. The molecule has 0 fully saturated rings.